The van der Waals surface area contributed by atoms with Gasteiger partial charge in [0.1, 0.15) is 23.7 Å². The Kier molecular flexibility index (Phi) is 7.47. The quantitative estimate of drug-likeness (QED) is 0.261. The summed E-state index contributed by atoms with van der Waals surface area (Å²) >= 11 is 6.27. The summed E-state index contributed by atoms with van der Waals surface area (Å²) in [6.07, 6.45) is 3.12. The van der Waals surface area contributed by atoms with E-state index in [0.29, 0.717) is 39.1 Å². The lowest BCUT2D eigenvalue weighted by Crippen LogP contribution is -2.45. The van der Waals surface area contributed by atoms with Crippen LogP contribution in [0.1, 0.15) is 26.6 Å². The minimum absolute atomic E-state index is 0.0226. The Morgan fingerprint density at radius 3 is 2.60 bits per heavy atom. The van der Waals surface area contributed by atoms with Gasteiger partial charge in [0.25, 0.3) is 5.56 Å². The van der Waals surface area contributed by atoms with E-state index in [1.165, 1.54) is 53.3 Å². The summed E-state index contributed by atoms with van der Waals surface area (Å²) < 4.78 is 23.5. The lowest BCUT2D eigenvalue weighted by Gasteiger charge is -2.32. The van der Waals surface area contributed by atoms with E-state index in [2.05, 4.69) is 30.5 Å². The Bertz CT molecular complexity index is 1830. The highest BCUT2D eigenvalue weighted by Crippen LogP contribution is 2.35. The number of amides is 1. The van der Waals surface area contributed by atoms with Gasteiger partial charge in [0.05, 0.1) is 43.0 Å². The standard InChI is InChI=1S/C27H25ClFN9O4/c1-27(2,3)38(26(40)41)23-8-6-16(25(29)33-23)19-11-30-22(32-19)13-36-12-21(42-4)18(10-24(36)39)17-9-15(28)5-7-20(17)37-14-31-34-35-37/h5-12,14H,13H2,1-4H3,(H,30,32)(H,40,41). The average molecular weight is 594 g/mol. The maximum atomic E-state index is 15.0. The topological polar surface area (TPSA) is 157 Å². The fourth-order valence-electron chi connectivity index (χ4n) is 4.46. The van der Waals surface area contributed by atoms with Gasteiger partial charge in [-0.25, -0.2) is 14.8 Å². The molecule has 5 aromatic rings. The number of hydrogen-bond donors (Lipinski definition) is 2. The van der Waals surface area contributed by atoms with Crippen molar-refractivity contribution in [2.24, 2.45) is 0 Å². The molecule has 0 aliphatic carbocycles. The van der Waals surface area contributed by atoms with Gasteiger partial charge in [-0.1, -0.05) is 11.6 Å². The molecule has 5 rings (SSSR count). The van der Waals surface area contributed by atoms with E-state index in [9.17, 15) is 14.7 Å². The van der Waals surface area contributed by atoms with Gasteiger partial charge >= 0.3 is 6.09 Å². The van der Waals surface area contributed by atoms with Crippen molar-refractivity contribution in [2.45, 2.75) is 32.9 Å². The van der Waals surface area contributed by atoms with Crippen LogP contribution in [0.25, 0.3) is 28.1 Å². The molecule has 0 saturated heterocycles. The Hall–Kier alpha value is -5.11. The highest BCUT2D eigenvalue weighted by molar-refractivity contribution is 6.31. The first-order valence-corrected chi connectivity index (χ1v) is 12.9. The van der Waals surface area contributed by atoms with Gasteiger partial charge in [-0.15, -0.1) is 5.10 Å². The van der Waals surface area contributed by atoms with E-state index in [0.717, 1.165) is 4.90 Å². The number of aromatic nitrogens is 8. The van der Waals surface area contributed by atoms with Gasteiger partial charge in [0, 0.05) is 27.8 Å². The van der Waals surface area contributed by atoms with Gasteiger partial charge in [-0.05, 0) is 61.5 Å². The number of carboxylic acid groups (broad SMARTS) is 1. The van der Waals surface area contributed by atoms with Crippen LogP contribution in [0.2, 0.25) is 5.02 Å². The van der Waals surface area contributed by atoms with Crippen molar-refractivity contribution in [1.82, 2.24) is 39.7 Å². The Labute approximate surface area is 243 Å². The van der Waals surface area contributed by atoms with Gasteiger partial charge < -0.3 is 19.4 Å². The predicted molar refractivity (Wildman–Crippen MR) is 152 cm³/mol. The number of benzene rings is 1. The van der Waals surface area contributed by atoms with Crippen molar-refractivity contribution in [3.63, 3.8) is 0 Å². The second-order valence-corrected chi connectivity index (χ2v) is 10.6. The summed E-state index contributed by atoms with van der Waals surface area (Å²) in [6.45, 7) is 5.07. The number of ether oxygens (including phenoxy) is 1. The molecule has 4 aromatic heterocycles. The maximum Gasteiger partial charge on any atom is 0.413 e. The number of carbonyl (C=O) groups is 1. The number of nitrogens with one attached hydrogen (secondary N) is 1. The maximum absolute atomic E-state index is 15.0. The summed E-state index contributed by atoms with van der Waals surface area (Å²) in [4.78, 5) is 37.1. The summed E-state index contributed by atoms with van der Waals surface area (Å²) in [5.74, 6) is -0.172. The minimum Gasteiger partial charge on any atom is -0.495 e. The Morgan fingerprint density at radius 1 is 1.17 bits per heavy atom. The molecule has 0 aliphatic heterocycles. The first-order valence-electron chi connectivity index (χ1n) is 12.5. The minimum atomic E-state index is -1.25. The summed E-state index contributed by atoms with van der Waals surface area (Å²) in [5.41, 5.74) is 0.848. The van der Waals surface area contributed by atoms with Crippen molar-refractivity contribution >= 4 is 23.5 Å². The molecule has 0 fully saturated rings. The second-order valence-electron chi connectivity index (χ2n) is 10.2. The normalized spacial score (nSPS) is 11.5. The van der Waals surface area contributed by atoms with Crippen LogP contribution < -0.4 is 15.2 Å². The van der Waals surface area contributed by atoms with E-state index in [1.54, 1.807) is 39.0 Å². The third-order valence-electron chi connectivity index (χ3n) is 6.32. The molecule has 1 aromatic carbocycles. The number of H-pyrrole nitrogens is 1. The average Bonchev–Trinajstić information content (AvgIpc) is 3.61. The molecular weight excluding hydrogens is 569 g/mol. The number of aromatic amines is 1. The van der Waals surface area contributed by atoms with Crippen molar-refractivity contribution < 1.29 is 19.0 Å². The predicted octanol–water partition coefficient (Wildman–Crippen LogP) is 4.41. The number of rotatable bonds is 7. The highest BCUT2D eigenvalue weighted by Gasteiger charge is 2.29. The molecule has 216 valence electrons. The van der Waals surface area contributed by atoms with Gasteiger partial charge in [-0.3, -0.25) is 9.69 Å². The van der Waals surface area contributed by atoms with E-state index >= 15 is 4.39 Å². The second kappa shape index (κ2) is 11.0. The molecule has 0 radical (unpaired) electrons. The number of nitrogens with zero attached hydrogens (tertiary/aromatic N) is 8. The molecule has 2 N–H and O–H groups in total. The first kappa shape index (κ1) is 28.4. The van der Waals surface area contributed by atoms with Crippen LogP contribution in [0.3, 0.4) is 0 Å². The molecule has 0 spiro atoms. The SMILES string of the molecule is COc1cn(Cc2ncc(-c3ccc(N(C(=O)O)C(C)(C)C)nc3F)[nH]2)c(=O)cc1-c1cc(Cl)ccc1-n1cnnn1. The molecule has 0 saturated carbocycles. The van der Waals surface area contributed by atoms with Crippen LogP contribution in [0.5, 0.6) is 5.75 Å². The van der Waals surface area contributed by atoms with Crippen molar-refractivity contribution in [3.8, 4) is 33.8 Å². The number of pyridine rings is 2. The molecule has 4 heterocycles. The molecule has 0 bridgehead atoms. The zero-order valence-electron chi connectivity index (χ0n) is 22.9. The lowest BCUT2D eigenvalue weighted by atomic mass is 10.0. The fourth-order valence-corrected chi connectivity index (χ4v) is 4.64. The largest absolute Gasteiger partial charge is 0.495 e. The zero-order valence-corrected chi connectivity index (χ0v) is 23.7. The molecule has 1 amide bonds. The van der Waals surface area contributed by atoms with Gasteiger partial charge in [-0.2, -0.15) is 9.07 Å². The number of tetrazole rings is 1. The third kappa shape index (κ3) is 5.56. The van der Waals surface area contributed by atoms with Crippen LogP contribution in [-0.4, -0.2) is 63.6 Å². The summed E-state index contributed by atoms with van der Waals surface area (Å²) in [5, 5.41) is 21.3. The monoisotopic (exact) mass is 593 g/mol. The number of imidazole rings is 1. The van der Waals surface area contributed by atoms with Gasteiger partial charge in [0.15, 0.2) is 0 Å². The van der Waals surface area contributed by atoms with Crippen LogP contribution in [-0.2, 0) is 6.54 Å². The third-order valence-corrected chi connectivity index (χ3v) is 6.55. The fraction of sp³-hybridized carbons (Fsp3) is 0.222. The van der Waals surface area contributed by atoms with E-state index in [4.69, 9.17) is 16.3 Å². The van der Waals surface area contributed by atoms with Crippen LogP contribution in [0.15, 0.2) is 59.9 Å². The first-order chi connectivity index (χ1) is 20.0. The Balaban J connectivity index is 1.45. The number of anilines is 1. The van der Waals surface area contributed by atoms with Crippen LogP contribution in [0.4, 0.5) is 15.0 Å². The van der Waals surface area contributed by atoms with Crippen molar-refractivity contribution in [3.05, 3.63) is 82.3 Å². The smallest absolute Gasteiger partial charge is 0.413 e. The molecule has 0 unspecified atom stereocenters. The number of methoxy groups -OCH3 is 1. The number of halogens is 2. The van der Waals surface area contributed by atoms with E-state index in [1.807, 2.05) is 0 Å². The van der Waals surface area contributed by atoms with E-state index < -0.39 is 17.6 Å². The number of hydrogen-bond acceptors (Lipinski definition) is 8. The van der Waals surface area contributed by atoms with Crippen molar-refractivity contribution in [2.75, 3.05) is 12.0 Å². The zero-order chi connectivity index (χ0) is 30.2. The molecule has 13 nitrogen and oxygen atoms in total. The van der Waals surface area contributed by atoms with Crippen molar-refractivity contribution in [1.29, 1.82) is 0 Å². The van der Waals surface area contributed by atoms with E-state index in [-0.39, 0.29) is 23.5 Å². The van der Waals surface area contributed by atoms with Crippen LogP contribution in [0, 0.1) is 5.95 Å². The van der Waals surface area contributed by atoms with Gasteiger partial charge in [0.2, 0.25) is 5.95 Å². The summed E-state index contributed by atoms with van der Waals surface area (Å²) in [7, 11) is 1.48. The molecule has 42 heavy (non-hydrogen) atoms. The highest BCUT2D eigenvalue weighted by atomic mass is 35.5. The molecule has 0 atom stereocenters. The molecule has 0 aliphatic rings. The van der Waals surface area contributed by atoms with Crippen LogP contribution >= 0.6 is 11.6 Å². The molecular formula is C27H25ClFN9O4. The Morgan fingerprint density at radius 2 is 1.95 bits per heavy atom. The molecule has 15 heteroatoms. The lowest BCUT2D eigenvalue weighted by molar-refractivity contribution is 0.195. The summed E-state index contributed by atoms with van der Waals surface area (Å²) in [6, 6.07) is 9.35.